The molecule has 0 aromatic carbocycles. The monoisotopic (exact) mass is 262 g/mol. The van der Waals surface area contributed by atoms with Crippen LogP contribution in [0.25, 0.3) is 0 Å². The molecule has 19 heavy (non-hydrogen) atoms. The summed E-state index contributed by atoms with van der Waals surface area (Å²) in [5.74, 6) is 0.390. The van der Waals surface area contributed by atoms with Crippen molar-refractivity contribution in [3.05, 3.63) is 23.8 Å². The van der Waals surface area contributed by atoms with E-state index in [9.17, 15) is 9.90 Å². The third kappa shape index (κ3) is 1.71. The zero-order valence-corrected chi connectivity index (χ0v) is 11.8. The molecule has 0 amide bonds. The van der Waals surface area contributed by atoms with Crippen LogP contribution < -0.4 is 0 Å². The first kappa shape index (κ1) is 12.9. The third-order valence-corrected chi connectivity index (χ3v) is 5.29. The SMILES string of the molecule is C=C(C)C(=O)OC1C[C@@]2(C)CC1C1C2=CC(C)C1O. The zero-order chi connectivity index (χ0) is 13.9. The minimum Gasteiger partial charge on any atom is -0.459 e. The van der Waals surface area contributed by atoms with Gasteiger partial charge >= 0.3 is 5.97 Å². The van der Waals surface area contributed by atoms with Crippen LogP contribution in [0, 0.1) is 23.2 Å². The summed E-state index contributed by atoms with van der Waals surface area (Å²) in [5, 5.41) is 10.4. The van der Waals surface area contributed by atoms with E-state index in [1.54, 1.807) is 6.92 Å². The normalized spacial score (nSPS) is 46.9. The van der Waals surface area contributed by atoms with E-state index in [1.165, 1.54) is 5.57 Å². The Kier molecular flexibility index (Phi) is 2.69. The number of rotatable bonds is 2. The number of aliphatic hydroxyl groups excluding tert-OH is 1. The summed E-state index contributed by atoms with van der Waals surface area (Å²) in [6.07, 6.45) is 3.79. The van der Waals surface area contributed by atoms with Gasteiger partial charge in [-0.2, -0.15) is 0 Å². The van der Waals surface area contributed by atoms with Crippen molar-refractivity contribution in [1.82, 2.24) is 0 Å². The number of esters is 1. The van der Waals surface area contributed by atoms with Crippen molar-refractivity contribution in [3.8, 4) is 0 Å². The Morgan fingerprint density at radius 3 is 2.84 bits per heavy atom. The molecule has 3 aliphatic rings. The summed E-state index contributed by atoms with van der Waals surface area (Å²) in [4.78, 5) is 11.7. The molecule has 0 saturated heterocycles. The van der Waals surface area contributed by atoms with Gasteiger partial charge in [-0.15, -0.1) is 0 Å². The highest BCUT2D eigenvalue weighted by atomic mass is 16.5. The van der Waals surface area contributed by atoms with Crippen LogP contribution in [-0.4, -0.2) is 23.3 Å². The van der Waals surface area contributed by atoms with Crippen molar-refractivity contribution in [3.63, 3.8) is 0 Å². The van der Waals surface area contributed by atoms with Crippen LogP contribution in [0.15, 0.2) is 23.8 Å². The molecule has 1 N–H and O–H groups in total. The molecule has 3 rings (SSSR count). The summed E-state index contributed by atoms with van der Waals surface area (Å²) < 4.78 is 5.59. The molecule has 3 heteroatoms. The lowest BCUT2D eigenvalue weighted by Crippen LogP contribution is -2.37. The highest BCUT2D eigenvalue weighted by Crippen LogP contribution is 2.64. The molecular weight excluding hydrogens is 240 g/mol. The average Bonchev–Trinajstić information content (AvgIpc) is 2.89. The molecule has 0 aromatic rings. The van der Waals surface area contributed by atoms with Gasteiger partial charge < -0.3 is 9.84 Å². The van der Waals surface area contributed by atoms with E-state index in [0.29, 0.717) is 5.57 Å². The fourth-order valence-electron chi connectivity index (χ4n) is 4.38. The smallest absolute Gasteiger partial charge is 0.333 e. The van der Waals surface area contributed by atoms with Gasteiger partial charge in [0.15, 0.2) is 0 Å². The van der Waals surface area contributed by atoms with Gasteiger partial charge in [0.05, 0.1) is 6.10 Å². The maximum Gasteiger partial charge on any atom is 0.333 e. The molecule has 0 heterocycles. The number of hydrogen-bond donors (Lipinski definition) is 1. The van der Waals surface area contributed by atoms with Gasteiger partial charge in [-0.3, -0.25) is 0 Å². The molecule has 2 fully saturated rings. The molecule has 0 aliphatic heterocycles. The lowest BCUT2D eigenvalue weighted by Gasteiger charge is -2.34. The van der Waals surface area contributed by atoms with Crippen LogP contribution in [-0.2, 0) is 9.53 Å². The standard InChI is InChI=1S/C16H22O3/c1-8(2)15(18)19-12-7-16(4)6-10(12)13-11(16)5-9(3)14(13)17/h5,9-10,12-14,17H,1,6-7H2,2-4H3/t9?,10?,12?,13?,14?,16-/m1/s1. The van der Waals surface area contributed by atoms with E-state index in [-0.39, 0.29) is 41.3 Å². The topological polar surface area (TPSA) is 46.5 Å². The van der Waals surface area contributed by atoms with Crippen molar-refractivity contribution in [2.75, 3.05) is 0 Å². The summed E-state index contributed by atoms with van der Waals surface area (Å²) in [5.41, 5.74) is 1.96. The van der Waals surface area contributed by atoms with Gasteiger partial charge in [0.1, 0.15) is 6.10 Å². The second-order valence-electron chi connectivity index (χ2n) is 6.85. The molecule has 5 unspecified atom stereocenters. The number of ether oxygens (including phenoxy) is 1. The van der Waals surface area contributed by atoms with Crippen LogP contribution >= 0.6 is 0 Å². The Bertz CT molecular complexity index is 478. The minimum absolute atomic E-state index is 0.0590. The van der Waals surface area contributed by atoms with Crippen molar-refractivity contribution in [2.24, 2.45) is 23.2 Å². The van der Waals surface area contributed by atoms with E-state index in [1.807, 2.05) is 0 Å². The molecule has 3 aliphatic carbocycles. The fourth-order valence-corrected chi connectivity index (χ4v) is 4.38. The largest absolute Gasteiger partial charge is 0.459 e. The summed E-state index contributed by atoms with van der Waals surface area (Å²) in [6.45, 7) is 9.61. The van der Waals surface area contributed by atoms with Crippen molar-refractivity contribution < 1.29 is 14.6 Å². The summed E-state index contributed by atoms with van der Waals surface area (Å²) in [7, 11) is 0. The molecule has 0 radical (unpaired) electrons. The Labute approximate surface area is 114 Å². The van der Waals surface area contributed by atoms with Crippen molar-refractivity contribution >= 4 is 5.97 Å². The first-order valence-corrected chi connectivity index (χ1v) is 7.10. The number of hydrogen-bond acceptors (Lipinski definition) is 3. The maximum absolute atomic E-state index is 11.7. The van der Waals surface area contributed by atoms with E-state index < -0.39 is 0 Å². The first-order chi connectivity index (χ1) is 8.83. The van der Waals surface area contributed by atoms with Crippen molar-refractivity contribution in [2.45, 2.75) is 45.8 Å². The van der Waals surface area contributed by atoms with Crippen LogP contribution in [0.3, 0.4) is 0 Å². The molecule has 2 bridgehead atoms. The van der Waals surface area contributed by atoms with Gasteiger partial charge in [-0.25, -0.2) is 4.79 Å². The third-order valence-electron chi connectivity index (χ3n) is 5.29. The van der Waals surface area contributed by atoms with Gasteiger partial charge in [-0.1, -0.05) is 32.1 Å². The highest BCUT2D eigenvalue weighted by molar-refractivity contribution is 5.87. The molecule has 3 nitrogen and oxygen atoms in total. The Morgan fingerprint density at radius 2 is 2.21 bits per heavy atom. The lowest BCUT2D eigenvalue weighted by molar-refractivity contribution is -0.148. The Hall–Kier alpha value is -1.09. The number of aliphatic hydroxyl groups is 1. The number of carbonyl (C=O) groups is 1. The fraction of sp³-hybridized carbons (Fsp3) is 0.688. The zero-order valence-electron chi connectivity index (χ0n) is 11.8. The van der Waals surface area contributed by atoms with E-state index >= 15 is 0 Å². The van der Waals surface area contributed by atoms with Gasteiger partial charge in [0.25, 0.3) is 0 Å². The minimum atomic E-state index is -0.312. The molecular formula is C16H22O3. The molecule has 6 atom stereocenters. The average molecular weight is 262 g/mol. The van der Waals surface area contributed by atoms with E-state index in [2.05, 4.69) is 26.5 Å². The van der Waals surface area contributed by atoms with Crippen LogP contribution in [0.5, 0.6) is 0 Å². The molecule has 0 aromatic heterocycles. The number of carbonyl (C=O) groups excluding carboxylic acids is 1. The van der Waals surface area contributed by atoms with Crippen LogP contribution in [0.4, 0.5) is 0 Å². The van der Waals surface area contributed by atoms with Gasteiger partial charge in [-0.05, 0) is 25.2 Å². The van der Waals surface area contributed by atoms with E-state index in [0.717, 1.165) is 12.8 Å². The highest BCUT2D eigenvalue weighted by Gasteiger charge is 2.61. The second kappa shape index (κ2) is 3.95. The molecule has 2 saturated carbocycles. The first-order valence-electron chi connectivity index (χ1n) is 7.10. The Balaban J connectivity index is 1.83. The van der Waals surface area contributed by atoms with Gasteiger partial charge in [0.2, 0.25) is 0 Å². The molecule has 104 valence electrons. The lowest BCUT2D eigenvalue weighted by atomic mass is 9.76. The quantitative estimate of drug-likeness (QED) is 0.472. The predicted octanol–water partition coefficient (Wildman–Crippen LogP) is 2.46. The number of fused-ring (bicyclic) bond motifs is 5. The maximum atomic E-state index is 11.7. The van der Waals surface area contributed by atoms with E-state index in [4.69, 9.17) is 4.74 Å². The summed E-state index contributed by atoms with van der Waals surface area (Å²) >= 11 is 0. The van der Waals surface area contributed by atoms with Crippen molar-refractivity contribution in [1.29, 1.82) is 0 Å². The molecule has 0 spiro atoms. The second-order valence-corrected chi connectivity index (χ2v) is 6.85. The van der Waals surface area contributed by atoms with Gasteiger partial charge in [0, 0.05) is 23.3 Å². The van der Waals surface area contributed by atoms with Crippen LogP contribution in [0.2, 0.25) is 0 Å². The Morgan fingerprint density at radius 1 is 1.53 bits per heavy atom. The summed E-state index contributed by atoms with van der Waals surface area (Å²) in [6, 6.07) is 0. The van der Waals surface area contributed by atoms with Crippen LogP contribution in [0.1, 0.15) is 33.6 Å². The predicted molar refractivity (Wildman–Crippen MR) is 72.3 cm³/mol.